The van der Waals surface area contributed by atoms with Gasteiger partial charge in [0.25, 0.3) is 5.91 Å². The predicted molar refractivity (Wildman–Crippen MR) is 89.6 cm³/mol. The number of carbonyl (C=O) groups is 1. The van der Waals surface area contributed by atoms with Crippen molar-refractivity contribution in [2.24, 2.45) is 0 Å². The second-order valence-electron chi connectivity index (χ2n) is 4.98. The van der Waals surface area contributed by atoms with E-state index >= 15 is 0 Å². The van der Waals surface area contributed by atoms with Gasteiger partial charge in [-0.15, -0.1) is 11.3 Å². The van der Waals surface area contributed by atoms with E-state index in [1.165, 1.54) is 11.3 Å². The summed E-state index contributed by atoms with van der Waals surface area (Å²) in [7, 11) is 1.56. The van der Waals surface area contributed by atoms with Crippen LogP contribution in [0.1, 0.15) is 29.4 Å². The lowest BCUT2D eigenvalue weighted by atomic mass is 10.2. The summed E-state index contributed by atoms with van der Waals surface area (Å²) >= 11 is 1.41. The minimum Gasteiger partial charge on any atom is -0.495 e. The summed E-state index contributed by atoms with van der Waals surface area (Å²) in [6.45, 7) is 2.37. The highest BCUT2D eigenvalue weighted by atomic mass is 32.1. The maximum atomic E-state index is 12.3. The van der Waals surface area contributed by atoms with Crippen LogP contribution in [0, 0.1) is 0 Å². The van der Waals surface area contributed by atoms with E-state index in [9.17, 15) is 9.90 Å². The van der Waals surface area contributed by atoms with E-state index in [4.69, 9.17) is 4.74 Å². The van der Waals surface area contributed by atoms with Crippen molar-refractivity contribution < 1.29 is 14.6 Å². The number of thiophene rings is 1. The molecule has 0 aliphatic rings. The molecular weight excluding hydrogens is 298 g/mol. The molecule has 0 saturated carbocycles. The molecule has 0 fully saturated rings. The van der Waals surface area contributed by atoms with Gasteiger partial charge in [-0.1, -0.05) is 37.3 Å². The van der Waals surface area contributed by atoms with Crippen LogP contribution in [0.5, 0.6) is 5.75 Å². The largest absolute Gasteiger partial charge is 0.495 e. The van der Waals surface area contributed by atoms with Gasteiger partial charge in [0, 0.05) is 11.4 Å². The maximum absolute atomic E-state index is 12.3. The van der Waals surface area contributed by atoms with Gasteiger partial charge in [-0.3, -0.25) is 4.79 Å². The van der Waals surface area contributed by atoms with Crippen molar-refractivity contribution in [3.63, 3.8) is 0 Å². The van der Waals surface area contributed by atoms with Crippen LogP contribution in [0.2, 0.25) is 0 Å². The summed E-state index contributed by atoms with van der Waals surface area (Å²) in [5.74, 6) is 0.421. The number of nitrogens with one attached hydrogen (secondary N) is 1. The lowest BCUT2D eigenvalue weighted by Gasteiger charge is -2.08. The number of rotatable bonds is 7. The Kier molecular flexibility index (Phi) is 5.98. The van der Waals surface area contributed by atoms with E-state index in [2.05, 4.69) is 5.32 Å². The fourth-order valence-electron chi connectivity index (χ4n) is 2.07. The molecule has 1 atom stereocenters. The molecule has 4 nitrogen and oxygen atoms in total. The van der Waals surface area contributed by atoms with E-state index in [0.717, 1.165) is 10.4 Å². The SMILES string of the molecule is CCC(O)CCNC(=O)c1sc(-c2ccccc2)cc1OC. The molecule has 5 heteroatoms. The number of hydrogen-bond donors (Lipinski definition) is 2. The second kappa shape index (κ2) is 7.96. The Hall–Kier alpha value is -1.85. The Morgan fingerprint density at radius 3 is 2.73 bits per heavy atom. The summed E-state index contributed by atoms with van der Waals surface area (Å²) in [6, 6.07) is 11.8. The fourth-order valence-corrected chi connectivity index (χ4v) is 3.11. The van der Waals surface area contributed by atoms with Crippen LogP contribution < -0.4 is 10.1 Å². The summed E-state index contributed by atoms with van der Waals surface area (Å²) in [6.07, 6.45) is 0.878. The molecule has 0 spiro atoms. The van der Waals surface area contributed by atoms with Crippen molar-refractivity contribution in [1.82, 2.24) is 5.32 Å². The molecule has 0 bridgehead atoms. The van der Waals surface area contributed by atoms with Crippen LogP contribution in [-0.2, 0) is 0 Å². The average molecular weight is 319 g/mol. The van der Waals surface area contributed by atoms with Gasteiger partial charge in [-0.25, -0.2) is 0 Å². The van der Waals surface area contributed by atoms with Crippen molar-refractivity contribution in [2.75, 3.05) is 13.7 Å². The van der Waals surface area contributed by atoms with Crippen molar-refractivity contribution in [3.05, 3.63) is 41.3 Å². The minimum absolute atomic E-state index is 0.160. The van der Waals surface area contributed by atoms with Gasteiger partial charge >= 0.3 is 0 Å². The van der Waals surface area contributed by atoms with Gasteiger partial charge in [0.2, 0.25) is 0 Å². The fraction of sp³-hybridized carbons (Fsp3) is 0.353. The van der Waals surface area contributed by atoms with Crippen LogP contribution in [0.15, 0.2) is 36.4 Å². The average Bonchev–Trinajstić information content (AvgIpc) is 2.99. The zero-order valence-corrected chi connectivity index (χ0v) is 13.7. The smallest absolute Gasteiger partial charge is 0.265 e. The van der Waals surface area contributed by atoms with Crippen LogP contribution >= 0.6 is 11.3 Å². The van der Waals surface area contributed by atoms with E-state index in [-0.39, 0.29) is 12.0 Å². The summed E-state index contributed by atoms with van der Waals surface area (Å²) in [5, 5.41) is 12.4. The number of hydrogen-bond acceptors (Lipinski definition) is 4. The number of carbonyl (C=O) groups excluding carboxylic acids is 1. The number of benzene rings is 1. The highest BCUT2D eigenvalue weighted by molar-refractivity contribution is 7.17. The molecule has 0 aliphatic carbocycles. The number of ether oxygens (including phenoxy) is 1. The first-order chi connectivity index (χ1) is 10.7. The molecule has 118 valence electrons. The quantitative estimate of drug-likeness (QED) is 0.823. The predicted octanol–water partition coefficient (Wildman–Crippen LogP) is 3.31. The van der Waals surface area contributed by atoms with Crippen molar-refractivity contribution in [3.8, 4) is 16.2 Å². The lowest BCUT2D eigenvalue weighted by Crippen LogP contribution is -2.26. The molecule has 0 radical (unpaired) electrons. The normalized spacial score (nSPS) is 12.0. The molecule has 2 aromatic rings. The van der Waals surface area contributed by atoms with Gasteiger partial charge in [0.15, 0.2) is 0 Å². The summed E-state index contributed by atoms with van der Waals surface area (Å²) < 4.78 is 5.32. The molecule has 2 N–H and O–H groups in total. The molecule has 1 unspecified atom stereocenters. The number of aliphatic hydroxyl groups is 1. The Bertz CT molecular complexity index is 610. The highest BCUT2D eigenvalue weighted by Gasteiger charge is 2.17. The highest BCUT2D eigenvalue weighted by Crippen LogP contribution is 2.36. The Labute approximate surface area is 134 Å². The molecule has 1 heterocycles. The zero-order chi connectivity index (χ0) is 15.9. The van der Waals surface area contributed by atoms with Gasteiger partial charge in [0.1, 0.15) is 10.6 Å². The molecule has 1 aromatic carbocycles. The van der Waals surface area contributed by atoms with Gasteiger partial charge in [0.05, 0.1) is 13.2 Å². The molecule has 1 amide bonds. The van der Waals surface area contributed by atoms with Crippen molar-refractivity contribution >= 4 is 17.2 Å². The topological polar surface area (TPSA) is 58.6 Å². The van der Waals surface area contributed by atoms with Crippen molar-refractivity contribution in [1.29, 1.82) is 0 Å². The number of methoxy groups -OCH3 is 1. The summed E-state index contributed by atoms with van der Waals surface area (Å²) in [4.78, 5) is 13.8. The Morgan fingerprint density at radius 1 is 1.36 bits per heavy atom. The number of amides is 1. The number of aliphatic hydroxyl groups excluding tert-OH is 1. The first kappa shape index (κ1) is 16.5. The molecule has 1 aromatic heterocycles. The van der Waals surface area contributed by atoms with E-state index < -0.39 is 0 Å². The first-order valence-electron chi connectivity index (χ1n) is 7.35. The third-order valence-electron chi connectivity index (χ3n) is 3.42. The van der Waals surface area contributed by atoms with Crippen LogP contribution in [0.25, 0.3) is 10.4 Å². The van der Waals surface area contributed by atoms with Crippen LogP contribution in [-0.4, -0.2) is 30.8 Å². The molecule has 0 saturated heterocycles. The van der Waals surface area contributed by atoms with Gasteiger partial charge in [-0.05, 0) is 24.5 Å². The Morgan fingerprint density at radius 2 is 2.09 bits per heavy atom. The molecule has 22 heavy (non-hydrogen) atoms. The first-order valence-corrected chi connectivity index (χ1v) is 8.16. The standard InChI is InChI=1S/C17H21NO3S/c1-3-13(19)9-10-18-17(20)16-14(21-2)11-15(22-16)12-7-5-4-6-8-12/h4-8,11,13,19H,3,9-10H2,1-2H3,(H,18,20). The lowest BCUT2D eigenvalue weighted by molar-refractivity contribution is 0.0943. The second-order valence-corrected chi connectivity index (χ2v) is 6.03. The van der Waals surface area contributed by atoms with E-state index in [1.54, 1.807) is 7.11 Å². The maximum Gasteiger partial charge on any atom is 0.265 e. The van der Waals surface area contributed by atoms with Gasteiger partial charge in [-0.2, -0.15) is 0 Å². The summed E-state index contributed by atoms with van der Waals surface area (Å²) in [5.41, 5.74) is 1.06. The Balaban J connectivity index is 2.10. The third-order valence-corrected chi connectivity index (χ3v) is 4.58. The van der Waals surface area contributed by atoms with Gasteiger partial charge < -0.3 is 15.2 Å². The van der Waals surface area contributed by atoms with E-state index in [1.807, 2.05) is 43.3 Å². The molecule has 0 aliphatic heterocycles. The minimum atomic E-state index is -0.370. The van der Waals surface area contributed by atoms with E-state index in [0.29, 0.717) is 30.0 Å². The van der Waals surface area contributed by atoms with Crippen LogP contribution in [0.4, 0.5) is 0 Å². The zero-order valence-electron chi connectivity index (χ0n) is 12.8. The monoisotopic (exact) mass is 319 g/mol. The third kappa shape index (κ3) is 4.08. The molecular formula is C17H21NO3S. The van der Waals surface area contributed by atoms with Crippen LogP contribution in [0.3, 0.4) is 0 Å². The molecule has 2 rings (SSSR count). The van der Waals surface area contributed by atoms with Crippen molar-refractivity contribution in [2.45, 2.75) is 25.9 Å².